The first kappa shape index (κ1) is 20.1. The van der Waals surface area contributed by atoms with Crippen LogP contribution in [-0.2, 0) is 26.0 Å². The molecule has 162 valence electrons. The van der Waals surface area contributed by atoms with Crippen LogP contribution >= 0.6 is 0 Å². The van der Waals surface area contributed by atoms with Gasteiger partial charge in [0.2, 0.25) is 11.8 Å². The molecule has 0 saturated carbocycles. The predicted molar refractivity (Wildman–Crippen MR) is 121 cm³/mol. The van der Waals surface area contributed by atoms with E-state index < -0.39 is 15.8 Å². The van der Waals surface area contributed by atoms with E-state index in [2.05, 4.69) is 28.9 Å². The van der Waals surface area contributed by atoms with Crippen molar-refractivity contribution in [1.29, 1.82) is 0 Å². The molecule has 2 saturated heterocycles. The van der Waals surface area contributed by atoms with E-state index >= 15 is 0 Å². The summed E-state index contributed by atoms with van der Waals surface area (Å²) in [5.41, 5.74) is 2.98. The Hall–Kier alpha value is -2.87. The van der Waals surface area contributed by atoms with E-state index in [0.29, 0.717) is 12.1 Å². The molecule has 0 bridgehead atoms. The molecule has 1 N–H and O–H groups in total. The number of likely N-dealkylation sites (tertiary alicyclic amines) is 1. The number of rotatable bonds is 4. The lowest BCUT2D eigenvalue weighted by Gasteiger charge is -2.22. The second-order valence-electron chi connectivity index (χ2n) is 8.49. The molecule has 2 unspecified atom stereocenters. The smallest absolute Gasteiger partial charge is 0.229 e. The van der Waals surface area contributed by atoms with Crippen LogP contribution in [0.1, 0.15) is 19.8 Å². The van der Waals surface area contributed by atoms with E-state index in [1.54, 1.807) is 4.90 Å². The lowest BCUT2D eigenvalue weighted by Crippen LogP contribution is -2.38. The Bertz CT molecular complexity index is 1310. The zero-order valence-corrected chi connectivity index (χ0v) is 18.2. The van der Waals surface area contributed by atoms with Gasteiger partial charge in [-0.05, 0) is 37.6 Å². The summed E-state index contributed by atoms with van der Waals surface area (Å²) in [7, 11) is -3.08. The Balaban J connectivity index is 1.36. The molecule has 3 heterocycles. The van der Waals surface area contributed by atoms with Crippen LogP contribution in [0, 0.1) is 5.92 Å². The maximum atomic E-state index is 12.9. The fourth-order valence-corrected chi connectivity index (χ4v) is 6.73. The average Bonchev–Trinajstić information content (AvgIpc) is 3.40. The first-order valence-electron chi connectivity index (χ1n) is 10.7. The summed E-state index contributed by atoms with van der Waals surface area (Å²) < 4.78 is 25.8. The standard InChI is InChI=1S/C23H25N3O4S/c1-2-25-20-6-4-3-5-18(20)19-12-16(7-8-21(19)25)24-23(28)15-11-22(27)26(13-15)17-9-10-31(29,30)14-17/h3-8,12,15,17H,2,9-11,13-14H2,1H3,(H,24,28). The molecule has 2 aliphatic heterocycles. The van der Waals surface area contributed by atoms with Crippen LogP contribution in [0.25, 0.3) is 21.8 Å². The number of hydrogen-bond donors (Lipinski definition) is 1. The maximum Gasteiger partial charge on any atom is 0.229 e. The number of aromatic nitrogens is 1. The summed E-state index contributed by atoms with van der Waals surface area (Å²) in [6, 6.07) is 13.8. The lowest BCUT2D eigenvalue weighted by molar-refractivity contribution is -0.129. The lowest BCUT2D eigenvalue weighted by atomic mass is 10.1. The SMILES string of the molecule is CCn1c2ccccc2c2cc(NC(=O)C3CC(=O)N(C4CCS(=O)(=O)C4)C3)ccc21. The number of anilines is 1. The Morgan fingerprint density at radius 1 is 1.13 bits per heavy atom. The topological polar surface area (TPSA) is 88.5 Å². The van der Waals surface area contributed by atoms with E-state index in [1.807, 2.05) is 30.3 Å². The van der Waals surface area contributed by atoms with Gasteiger partial charge in [0.1, 0.15) is 0 Å². The molecule has 5 rings (SSSR count). The second kappa shape index (κ2) is 7.37. The molecule has 2 aliphatic rings. The minimum absolute atomic E-state index is 0.00520. The van der Waals surface area contributed by atoms with Gasteiger partial charge in [-0.25, -0.2) is 8.42 Å². The zero-order chi connectivity index (χ0) is 21.8. The third-order valence-corrected chi connectivity index (χ3v) is 8.28. The minimum Gasteiger partial charge on any atom is -0.341 e. The number of para-hydroxylation sites is 1. The quantitative estimate of drug-likeness (QED) is 0.677. The highest BCUT2D eigenvalue weighted by Gasteiger charge is 2.41. The van der Waals surface area contributed by atoms with Gasteiger partial charge in [-0.2, -0.15) is 0 Å². The Morgan fingerprint density at radius 2 is 1.90 bits per heavy atom. The fourth-order valence-electron chi connectivity index (χ4n) is 5.00. The van der Waals surface area contributed by atoms with E-state index in [9.17, 15) is 18.0 Å². The fraction of sp³-hybridized carbons (Fsp3) is 0.391. The number of nitrogens with zero attached hydrogens (tertiary/aromatic N) is 2. The van der Waals surface area contributed by atoms with E-state index in [-0.39, 0.29) is 42.3 Å². The molecular weight excluding hydrogens is 414 g/mol. The number of carbonyl (C=O) groups is 2. The van der Waals surface area contributed by atoms with E-state index in [0.717, 1.165) is 28.4 Å². The average molecular weight is 440 g/mol. The first-order valence-corrected chi connectivity index (χ1v) is 12.5. The van der Waals surface area contributed by atoms with Crippen molar-refractivity contribution in [3.8, 4) is 0 Å². The Kier molecular flexibility index (Phi) is 4.77. The number of hydrogen-bond acceptors (Lipinski definition) is 4. The van der Waals surface area contributed by atoms with Crippen LogP contribution in [0.2, 0.25) is 0 Å². The summed E-state index contributed by atoms with van der Waals surface area (Å²) >= 11 is 0. The number of amides is 2. The molecule has 8 heteroatoms. The van der Waals surface area contributed by atoms with Crippen molar-refractivity contribution in [3.05, 3.63) is 42.5 Å². The summed E-state index contributed by atoms with van der Waals surface area (Å²) in [5.74, 6) is -0.683. The number of fused-ring (bicyclic) bond motifs is 3. The molecule has 2 aromatic carbocycles. The highest BCUT2D eigenvalue weighted by molar-refractivity contribution is 7.91. The third-order valence-electron chi connectivity index (χ3n) is 6.53. The number of nitrogens with one attached hydrogen (secondary N) is 1. The summed E-state index contributed by atoms with van der Waals surface area (Å²) in [6.07, 6.45) is 0.584. The molecule has 2 fully saturated rings. The highest BCUT2D eigenvalue weighted by Crippen LogP contribution is 2.32. The second-order valence-corrected chi connectivity index (χ2v) is 10.7. The monoisotopic (exact) mass is 439 g/mol. The van der Waals surface area contributed by atoms with Crippen molar-refractivity contribution >= 4 is 49.1 Å². The van der Waals surface area contributed by atoms with E-state index in [4.69, 9.17) is 0 Å². The van der Waals surface area contributed by atoms with Gasteiger partial charge in [0, 0.05) is 53.0 Å². The predicted octanol–water partition coefficient (Wildman–Crippen LogP) is 2.79. The Morgan fingerprint density at radius 3 is 2.65 bits per heavy atom. The van der Waals surface area contributed by atoms with Crippen LogP contribution < -0.4 is 5.32 Å². The summed E-state index contributed by atoms with van der Waals surface area (Å²) in [4.78, 5) is 26.9. The normalized spacial score (nSPS) is 23.1. The van der Waals surface area contributed by atoms with Gasteiger partial charge in [0.25, 0.3) is 0 Å². The maximum absolute atomic E-state index is 12.9. The molecule has 2 amide bonds. The summed E-state index contributed by atoms with van der Waals surface area (Å²) in [5, 5.41) is 5.19. The van der Waals surface area contributed by atoms with Gasteiger partial charge >= 0.3 is 0 Å². The minimum atomic E-state index is -3.08. The van der Waals surface area contributed by atoms with Gasteiger partial charge in [-0.3, -0.25) is 9.59 Å². The number of benzene rings is 2. The van der Waals surface area contributed by atoms with Crippen molar-refractivity contribution in [2.24, 2.45) is 5.92 Å². The molecule has 3 aromatic rings. The van der Waals surface area contributed by atoms with Gasteiger partial charge in [-0.15, -0.1) is 0 Å². The van der Waals surface area contributed by atoms with Crippen LogP contribution in [0.3, 0.4) is 0 Å². The molecule has 0 aliphatic carbocycles. The van der Waals surface area contributed by atoms with Gasteiger partial charge in [0.15, 0.2) is 9.84 Å². The molecule has 0 spiro atoms. The molecule has 2 atom stereocenters. The van der Waals surface area contributed by atoms with Crippen molar-refractivity contribution in [3.63, 3.8) is 0 Å². The molecule has 31 heavy (non-hydrogen) atoms. The number of aryl methyl sites for hydroxylation is 1. The molecule has 7 nitrogen and oxygen atoms in total. The van der Waals surface area contributed by atoms with Crippen LogP contribution in [0.15, 0.2) is 42.5 Å². The number of carbonyl (C=O) groups excluding carboxylic acids is 2. The van der Waals surface area contributed by atoms with Crippen LogP contribution in [0.4, 0.5) is 5.69 Å². The van der Waals surface area contributed by atoms with Crippen molar-refractivity contribution < 1.29 is 18.0 Å². The van der Waals surface area contributed by atoms with Gasteiger partial charge in [-0.1, -0.05) is 18.2 Å². The van der Waals surface area contributed by atoms with Gasteiger partial charge in [0.05, 0.1) is 17.4 Å². The molecule has 1 aromatic heterocycles. The highest BCUT2D eigenvalue weighted by atomic mass is 32.2. The largest absolute Gasteiger partial charge is 0.341 e. The van der Waals surface area contributed by atoms with E-state index in [1.165, 1.54) is 0 Å². The molecule has 0 radical (unpaired) electrons. The summed E-state index contributed by atoms with van der Waals surface area (Å²) in [6.45, 7) is 3.24. The van der Waals surface area contributed by atoms with Crippen molar-refractivity contribution in [2.45, 2.75) is 32.4 Å². The zero-order valence-electron chi connectivity index (χ0n) is 17.4. The third kappa shape index (κ3) is 3.48. The first-order chi connectivity index (χ1) is 14.9. The van der Waals surface area contributed by atoms with Crippen LogP contribution in [-0.4, -0.2) is 53.8 Å². The number of sulfone groups is 1. The Labute approximate surface area is 180 Å². The van der Waals surface area contributed by atoms with Crippen molar-refractivity contribution in [2.75, 3.05) is 23.4 Å². The van der Waals surface area contributed by atoms with Gasteiger partial charge < -0.3 is 14.8 Å². The van der Waals surface area contributed by atoms with Crippen LogP contribution in [0.5, 0.6) is 0 Å². The van der Waals surface area contributed by atoms with Crippen molar-refractivity contribution in [1.82, 2.24) is 9.47 Å². The molecular formula is C23H25N3O4S.